The van der Waals surface area contributed by atoms with Crippen LogP contribution in [0.5, 0.6) is 5.75 Å². The quantitative estimate of drug-likeness (QED) is 0.658. The van der Waals surface area contributed by atoms with Crippen LogP contribution in [0, 0.1) is 12.7 Å². The molecule has 2 atom stereocenters. The lowest BCUT2D eigenvalue weighted by molar-refractivity contribution is -0.116. The van der Waals surface area contributed by atoms with Crippen molar-refractivity contribution in [3.05, 3.63) is 88.0 Å². The van der Waals surface area contributed by atoms with Crippen LogP contribution in [0.25, 0.3) is 0 Å². The predicted molar refractivity (Wildman–Crippen MR) is 105 cm³/mol. The van der Waals surface area contributed by atoms with Crippen LogP contribution in [-0.2, 0) is 4.79 Å². The second-order valence-electron chi connectivity index (χ2n) is 7.60. The lowest BCUT2D eigenvalue weighted by Crippen LogP contribution is -2.29. The van der Waals surface area contributed by atoms with E-state index in [0.29, 0.717) is 30.0 Å². The zero-order chi connectivity index (χ0) is 20.1. The Morgan fingerprint density at radius 3 is 2.66 bits per heavy atom. The Morgan fingerprint density at radius 1 is 1.14 bits per heavy atom. The average Bonchev–Trinajstić information content (AvgIpc) is 3.08. The van der Waals surface area contributed by atoms with Gasteiger partial charge in [-0.2, -0.15) is 0 Å². The molecular formula is C23H19FN2O3. The van der Waals surface area contributed by atoms with Gasteiger partial charge >= 0.3 is 0 Å². The average molecular weight is 390 g/mol. The number of phenols is 1. The van der Waals surface area contributed by atoms with Gasteiger partial charge in [0.1, 0.15) is 11.6 Å². The van der Waals surface area contributed by atoms with Gasteiger partial charge in [-0.15, -0.1) is 0 Å². The van der Waals surface area contributed by atoms with Crippen LogP contribution in [0.15, 0.2) is 64.3 Å². The topological polar surface area (TPSA) is 75.4 Å². The largest absolute Gasteiger partial charge is 0.508 e. The van der Waals surface area contributed by atoms with Gasteiger partial charge in [-0.05, 0) is 42.7 Å². The summed E-state index contributed by atoms with van der Waals surface area (Å²) in [5.74, 6) is -0.0978. The van der Waals surface area contributed by atoms with Crippen molar-refractivity contribution in [3.8, 4) is 5.75 Å². The third kappa shape index (κ3) is 2.83. The fourth-order valence-corrected chi connectivity index (χ4v) is 4.51. The molecule has 5 nitrogen and oxygen atoms in total. The number of benzene rings is 2. The van der Waals surface area contributed by atoms with Crippen molar-refractivity contribution < 1.29 is 18.8 Å². The zero-order valence-electron chi connectivity index (χ0n) is 15.8. The summed E-state index contributed by atoms with van der Waals surface area (Å²) in [5, 5.41) is 17.6. The van der Waals surface area contributed by atoms with Gasteiger partial charge < -0.3 is 14.9 Å². The lowest BCUT2D eigenvalue weighted by Gasteiger charge is -2.34. The minimum absolute atomic E-state index is 0.00702. The molecule has 29 heavy (non-hydrogen) atoms. The van der Waals surface area contributed by atoms with Crippen LogP contribution in [0.3, 0.4) is 0 Å². The number of aromatic hydroxyl groups is 1. The van der Waals surface area contributed by atoms with E-state index in [1.54, 1.807) is 24.3 Å². The van der Waals surface area contributed by atoms with Crippen molar-refractivity contribution in [2.45, 2.75) is 31.6 Å². The van der Waals surface area contributed by atoms with E-state index >= 15 is 0 Å². The first-order valence-corrected chi connectivity index (χ1v) is 9.55. The van der Waals surface area contributed by atoms with E-state index in [1.807, 2.05) is 19.1 Å². The Balaban J connectivity index is 1.63. The number of phenolic OH excluding ortho intramolecular Hbond substituents is 1. The number of hydrogen-bond donors (Lipinski definition) is 2. The molecule has 2 N–H and O–H groups in total. The van der Waals surface area contributed by atoms with Crippen molar-refractivity contribution in [1.82, 2.24) is 5.16 Å². The predicted octanol–water partition coefficient (Wildman–Crippen LogP) is 4.79. The van der Waals surface area contributed by atoms with E-state index in [1.165, 1.54) is 12.1 Å². The third-order valence-corrected chi connectivity index (χ3v) is 5.84. The number of halogens is 1. The van der Waals surface area contributed by atoms with E-state index in [-0.39, 0.29) is 29.2 Å². The van der Waals surface area contributed by atoms with Gasteiger partial charge in [0.05, 0.1) is 11.3 Å². The number of aryl methyl sites for hydroxylation is 1. The number of carbonyl (C=O) groups excluding carboxylic acids is 1. The van der Waals surface area contributed by atoms with Gasteiger partial charge in [-0.25, -0.2) is 4.39 Å². The number of anilines is 1. The van der Waals surface area contributed by atoms with E-state index in [4.69, 9.17) is 4.52 Å². The van der Waals surface area contributed by atoms with E-state index in [2.05, 4.69) is 10.5 Å². The molecule has 6 heteroatoms. The number of rotatable bonds is 2. The molecule has 0 amide bonds. The molecule has 2 aliphatic rings. The highest BCUT2D eigenvalue weighted by molar-refractivity contribution is 6.01. The van der Waals surface area contributed by atoms with Crippen LogP contribution < -0.4 is 5.32 Å². The fourth-order valence-electron chi connectivity index (χ4n) is 4.51. The molecule has 146 valence electrons. The number of Topliss-reactive ketones (excluding diaryl/α,β-unsaturated/α-hetero) is 1. The summed E-state index contributed by atoms with van der Waals surface area (Å²) in [6.45, 7) is 1.84. The molecule has 0 bridgehead atoms. The Kier molecular flexibility index (Phi) is 4.01. The number of nitrogens with one attached hydrogen (secondary N) is 1. The number of hydrogen-bond acceptors (Lipinski definition) is 5. The summed E-state index contributed by atoms with van der Waals surface area (Å²) in [6.07, 6.45) is 0.866. The molecule has 2 aromatic carbocycles. The van der Waals surface area contributed by atoms with Gasteiger partial charge in [0.25, 0.3) is 0 Å². The first-order chi connectivity index (χ1) is 14.0. The molecule has 5 rings (SSSR count). The molecule has 1 aromatic heterocycles. The summed E-state index contributed by atoms with van der Waals surface area (Å²) in [4.78, 5) is 13.3. The van der Waals surface area contributed by atoms with Crippen molar-refractivity contribution in [2.24, 2.45) is 0 Å². The Morgan fingerprint density at radius 2 is 1.90 bits per heavy atom. The number of fused-ring (bicyclic) bond motifs is 1. The van der Waals surface area contributed by atoms with E-state index in [9.17, 15) is 14.3 Å². The molecule has 0 spiro atoms. The number of ketones is 1. The molecular weight excluding hydrogens is 371 g/mol. The zero-order valence-corrected chi connectivity index (χ0v) is 15.8. The smallest absolute Gasteiger partial charge is 0.233 e. The first-order valence-electron chi connectivity index (χ1n) is 9.55. The maximum absolute atomic E-state index is 13.5. The maximum Gasteiger partial charge on any atom is 0.233 e. The first kappa shape index (κ1) is 17.7. The molecule has 0 saturated carbocycles. The van der Waals surface area contributed by atoms with Crippen LogP contribution in [0.2, 0.25) is 0 Å². The van der Waals surface area contributed by atoms with Gasteiger partial charge in [-0.3, -0.25) is 4.79 Å². The van der Waals surface area contributed by atoms with Crippen molar-refractivity contribution >= 4 is 11.7 Å². The molecule has 0 unspecified atom stereocenters. The third-order valence-electron chi connectivity index (χ3n) is 5.84. The Hall–Kier alpha value is -3.41. The van der Waals surface area contributed by atoms with Crippen molar-refractivity contribution in [2.75, 3.05) is 5.32 Å². The van der Waals surface area contributed by atoms with Gasteiger partial charge in [0, 0.05) is 29.5 Å². The number of carbonyl (C=O) groups is 1. The number of aromatic nitrogens is 1. The molecule has 1 aliphatic carbocycles. The molecule has 0 radical (unpaired) electrons. The number of allylic oxidation sites excluding steroid dienone is 2. The van der Waals surface area contributed by atoms with E-state index < -0.39 is 0 Å². The van der Waals surface area contributed by atoms with Gasteiger partial charge in [-0.1, -0.05) is 35.5 Å². The highest BCUT2D eigenvalue weighted by atomic mass is 19.1. The fraction of sp³-hybridized carbons (Fsp3) is 0.217. The molecule has 3 aromatic rings. The summed E-state index contributed by atoms with van der Waals surface area (Å²) >= 11 is 0. The normalized spacial score (nSPS) is 20.8. The summed E-state index contributed by atoms with van der Waals surface area (Å²) in [5.41, 5.74) is 4.53. The summed E-state index contributed by atoms with van der Waals surface area (Å²) in [7, 11) is 0. The highest BCUT2D eigenvalue weighted by Gasteiger charge is 2.41. The highest BCUT2D eigenvalue weighted by Crippen LogP contribution is 2.49. The minimum atomic E-state index is -0.356. The van der Waals surface area contributed by atoms with Crippen LogP contribution in [0.4, 0.5) is 10.3 Å². The van der Waals surface area contributed by atoms with Crippen molar-refractivity contribution in [3.63, 3.8) is 0 Å². The molecule has 0 fully saturated rings. The SMILES string of the molecule is Cc1noc2c1[C@H](c1ccc(F)cc1)C1=C(C[C@@H](c3ccccc3O)CC1=O)N2. The minimum Gasteiger partial charge on any atom is -0.508 e. The molecule has 1 aliphatic heterocycles. The van der Waals surface area contributed by atoms with Crippen molar-refractivity contribution in [1.29, 1.82) is 0 Å². The van der Waals surface area contributed by atoms with Gasteiger partial charge in [0.2, 0.25) is 5.88 Å². The Labute approximate surface area is 166 Å². The lowest BCUT2D eigenvalue weighted by atomic mass is 9.72. The monoisotopic (exact) mass is 390 g/mol. The summed E-state index contributed by atoms with van der Waals surface area (Å²) < 4.78 is 19.0. The maximum atomic E-state index is 13.5. The number of nitrogens with zero attached hydrogens (tertiary/aromatic N) is 1. The van der Waals surface area contributed by atoms with E-state index in [0.717, 1.165) is 22.4 Å². The molecule has 0 saturated heterocycles. The van der Waals surface area contributed by atoms with Crippen LogP contribution >= 0.6 is 0 Å². The standard InChI is InChI=1S/C23H19FN2O3/c1-12-20-21(13-6-8-15(24)9-7-13)22-17(25-23(20)29-26-12)10-14(11-19(22)28)16-4-2-3-5-18(16)27/h2-9,14,21,25,27H,10-11H2,1H3/t14-,21+/m1/s1. The second-order valence-corrected chi connectivity index (χ2v) is 7.60. The molecule has 2 heterocycles. The second kappa shape index (κ2) is 6.58. The van der Waals surface area contributed by atoms with Crippen LogP contribution in [-0.4, -0.2) is 16.0 Å². The Bertz CT molecular complexity index is 1150. The summed E-state index contributed by atoms with van der Waals surface area (Å²) in [6, 6.07) is 13.3. The van der Waals surface area contributed by atoms with Crippen LogP contribution in [0.1, 0.15) is 47.1 Å². The van der Waals surface area contributed by atoms with Gasteiger partial charge in [0.15, 0.2) is 5.78 Å². The number of para-hydroxylation sites is 1.